The third-order valence-corrected chi connectivity index (χ3v) is 3.53. The van der Waals surface area contributed by atoms with Crippen molar-refractivity contribution in [2.24, 2.45) is 11.7 Å². The van der Waals surface area contributed by atoms with Gasteiger partial charge in [-0.15, -0.1) is 11.3 Å². The molecule has 1 heterocycles. The predicted octanol–water partition coefficient (Wildman–Crippen LogP) is 1.65. The molecule has 0 radical (unpaired) electrons. The molecular weight excluding hydrogens is 226 g/mol. The molecule has 1 aliphatic carbocycles. The van der Waals surface area contributed by atoms with Crippen LogP contribution in [0.15, 0.2) is 11.4 Å². The molecule has 1 fully saturated rings. The second-order valence-corrected chi connectivity index (χ2v) is 4.83. The zero-order valence-electron chi connectivity index (χ0n) is 9.14. The normalized spacial score (nSPS) is 16.9. The monoisotopic (exact) mass is 241 g/mol. The maximum Gasteiger partial charge on any atom is 0.351 e. The van der Waals surface area contributed by atoms with Crippen LogP contribution in [0.25, 0.3) is 0 Å². The fourth-order valence-electron chi connectivity index (χ4n) is 1.50. The average molecular weight is 241 g/mol. The van der Waals surface area contributed by atoms with Gasteiger partial charge in [0, 0.05) is 6.04 Å². The molecular formula is C11H15NO3S. The van der Waals surface area contributed by atoms with Crippen molar-refractivity contribution >= 4 is 17.3 Å². The number of rotatable bonds is 5. The van der Waals surface area contributed by atoms with E-state index in [1.165, 1.54) is 31.3 Å². The minimum absolute atomic E-state index is 0.0744. The van der Waals surface area contributed by atoms with Crippen LogP contribution in [0.2, 0.25) is 0 Å². The van der Waals surface area contributed by atoms with E-state index in [9.17, 15) is 4.79 Å². The largest absolute Gasteiger partial charge is 0.490 e. The molecule has 1 unspecified atom stereocenters. The average Bonchev–Trinajstić information content (AvgIpc) is 3.04. The van der Waals surface area contributed by atoms with E-state index in [1.54, 1.807) is 6.07 Å². The van der Waals surface area contributed by atoms with Crippen LogP contribution >= 0.6 is 11.3 Å². The van der Waals surface area contributed by atoms with E-state index in [0.29, 0.717) is 23.2 Å². The van der Waals surface area contributed by atoms with Crippen LogP contribution in [0, 0.1) is 5.92 Å². The molecule has 16 heavy (non-hydrogen) atoms. The summed E-state index contributed by atoms with van der Waals surface area (Å²) >= 11 is 1.32. The Morgan fingerprint density at radius 2 is 2.44 bits per heavy atom. The second-order valence-electron chi connectivity index (χ2n) is 3.92. The number of esters is 1. The molecule has 5 heteroatoms. The fourth-order valence-corrected chi connectivity index (χ4v) is 2.25. The Hall–Kier alpha value is -1.07. The summed E-state index contributed by atoms with van der Waals surface area (Å²) in [6, 6.07) is 1.85. The molecule has 0 aromatic carbocycles. The van der Waals surface area contributed by atoms with Crippen LogP contribution in [0.3, 0.4) is 0 Å². The Balaban J connectivity index is 1.92. The number of hydrogen-bond acceptors (Lipinski definition) is 5. The van der Waals surface area contributed by atoms with Gasteiger partial charge >= 0.3 is 5.97 Å². The molecule has 2 N–H and O–H groups in total. The SMILES string of the molecule is COC(=O)c1sccc1OCC(N)C1CC1. The molecule has 1 saturated carbocycles. The molecule has 0 spiro atoms. The maximum atomic E-state index is 11.4. The number of carbonyl (C=O) groups excluding carboxylic acids is 1. The van der Waals surface area contributed by atoms with Gasteiger partial charge in [-0.1, -0.05) is 0 Å². The summed E-state index contributed by atoms with van der Waals surface area (Å²) in [6.45, 7) is 0.464. The number of thiophene rings is 1. The third-order valence-electron chi connectivity index (χ3n) is 2.66. The molecule has 1 aliphatic rings. The van der Waals surface area contributed by atoms with Gasteiger partial charge in [0.05, 0.1) is 7.11 Å². The zero-order chi connectivity index (χ0) is 11.5. The Labute approximate surface area is 98.3 Å². The van der Waals surface area contributed by atoms with E-state index in [-0.39, 0.29) is 12.0 Å². The molecule has 1 aromatic heterocycles. The molecule has 0 aliphatic heterocycles. The molecule has 88 valence electrons. The van der Waals surface area contributed by atoms with E-state index < -0.39 is 0 Å². The highest BCUT2D eigenvalue weighted by molar-refractivity contribution is 7.12. The summed E-state index contributed by atoms with van der Waals surface area (Å²) in [4.78, 5) is 11.9. The fraction of sp³-hybridized carbons (Fsp3) is 0.545. The van der Waals surface area contributed by atoms with Gasteiger partial charge in [0.2, 0.25) is 0 Å². The molecule has 0 saturated heterocycles. The number of methoxy groups -OCH3 is 1. The first kappa shape index (κ1) is 11.4. The van der Waals surface area contributed by atoms with Gasteiger partial charge in [-0.05, 0) is 30.2 Å². The van der Waals surface area contributed by atoms with Crippen LogP contribution in [0.1, 0.15) is 22.5 Å². The zero-order valence-corrected chi connectivity index (χ0v) is 9.96. The molecule has 4 nitrogen and oxygen atoms in total. The van der Waals surface area contributed by atoms with E-state index >= 15 is 0 Å². The minimum atomic E-state index is -0.356. The maximum absolute atomic E-state index is 11.4. The lowest BCUT2D eigenvalue weighted by Gasteiger charge is -2.11. The van der Waals surface area contributed by atoms with Gasteiger partial charge in [-0.25, -0.2) is 4.79 Å². The standard InChI is InChI=1S/C11H15NO3S/c1-14-11(13)10-9(4-5-16-10)15-6-8(12)7-2-3-7/h4-5,7-8H,2-3,6,12H2,1H3. The minimum Gasteiger partial charge on any atom is -0.490 e. The molecule has 0 bridgehead atoms. The summed E-state index contributed by atoms with van der Waals surface area (Å²) in [6.07, 6.45) is 2.38. The van der Waals surface area contributed by atoms with Gasteiger partial charge in [-0.2, -0.15) is 0 Å². The van der Waals surface area contributed by atoms with Crippen molar-refractivity contribution in [3.63, 3.8) is 0 Å². The van der Waals surface area contributed by atoms with Crippen molar-refractivity contribution < 1.29 is 14.3 Å². The van der Waals surface area contributed by atoms with Gasteiger partial charge in [0.1, 0.15) is 12.4 Å². The number of ether oxygens (including phenoxy) is 2. The van der Waals surface area contributed by atoms with E-state index in [4.69, 9.17) is 10.5 Å². The first-order valence-corrected chi connectivity index (χ1v) is 6.14. The van der Waals surface area contributed by atoms with Crippen LogP contribution in [-0.2, 0) is 4.74 Å². The first-order chi connectivity index (χ1) is 7.72. The Morgan fingerprint density at radius 3 is 3.06 bits per heavy atom. The van der Waals surface area contributed by atoms with Crippen molar-refractivity contribution in [3.05, 3.63) is 16.3 Å². The van der Waals surface area contributed by atoms with E-state index in [2.05, 4.69) is 4.74 Å². The van der Waals surface area contributed by atoms with Crippen molar-refractivity contribution in [1.82, 2.24) is 0 Å². The third kappa shape index (κ3) is 2.54. The Bertz CT molecular complexity index is 373. The Morgan fingerprint density at radius 1 is 1.69 bits per heavy atom. The Kier molecular flexibility index (Phi) is 3.46. The predicted molar refractivity (Wildman–Crippen MR) is 61.9 cm³/mol. The number of carbonyl (C=O) groups is 1. The number of nitrogens with two attached hydrogens (primary N) is 1. The van der Waals surface area contributed by atoms with Crippen molar-refractivity contribution in [3.8, 4) is 5.75 Å². The first-order valence-electron chi connectivity index (χ1n) is 5.26. The molecule has 1 aromatic rings. The smallest absolute Gasteiger partial charge is 0.351 e. The van der Waals surface area contributed by atoms with Crippen LogP contribution in [0.5, 0.6) is 5.75 Å². The topological polar surface area (TPSA) is 61.5 Å². The highest BCUT2D eigenvalue weighted by atomic mass is 32.1. The van der Waals surface area contributed by atoms with Crippen molar-refractivity contribution in [1.29, 1.82) is 0 Å². The molecule has 1 atom stereocenters. The lowest BCUT2D eigenvalue weighted by Crippen LogP contribution is -2.30. The lowest BCUT2D eigenvalue weighted by atomic mass is 10.2. The molecule has 0 amide bonds. The van der Waals surface area contributed by atoms with Crippen LogP contribution in [0.4, 0.5) is 0 Å². The van der Waals surface area contributed by atoms with Gasteiger partial charge in [-0.3, -0.25) is 0 Å². The summed E-state index contributed by atoms with van der Waals surface area (Å²) < 4.78 is 10.2. The van der Waals surface area contributed by atoms with E-state index in [1.807, 2.05) is 5.38 Å². The second kappa shape index (κ2) is 4.84. The summed E-state index contributed by atoms with van der Waals surface area (Å²) in [5.41, 5.74) is 5.92. The summed E-state index contributed by atoms with van der Waals surface area (Å²) in [5.74, 6) is 0.818. The lowest BCUT2D eigenvalue weighted by molar-refractivity contribution is 0.0601. The van der Waals surface area contributed by atoms with Crippen molar-refractivity contribution in [2.75, 3.05) is 13.7 Å². The van der Waals surface area contributed by atoms with Crippen LogP contribution in [-0.4, -0.2) is 25.7 Å². The molecule has 2 rings (SSSR count). The van der Waals surface area contributed by atoms with Crippen LogP contribution < -0.4 is 10.5 Å². The number of hydrogen-bond donors (Lipinski definition) is 1. The van der Waals surface area contributed by atoms with Gasteiger partial charge in [0.25, 0.3) is 0 Å². The van der Waals surface area contributed by atoms with Gasteiger partial charge < -0.3 is 15.2 Å². The van der Waals surface area contributed by atoms with Gasteiger partial charge in [0.15, 0.2) is 4.88 Å². The van der Waals surface area contributed by atoms with Crippen molar-refractivity contribution in [2.45, 2.75) is 18.9 Å². The summed E-state index contributed by atoms with van der Waals surface area (Å²) in [5, 5.41) is 1.81. The highest BCUT2D eigenvalue weighted by Gasteiger charge is 2.29. The van der Waals surface area contributed by atoms with E-state index in [0.717, 1.165) is 0 Å². The summed E-state index contributed by atoms with van der Waals surface area (Å²) in [7, 11) is 1.36. The quantitative estimate of drug-likeness (QED) is 0.796. The highest BCUT2D eigenvalue weighted by Crippen LogP contribution is 2.32.